The van der Waals surface area contributed by atoms with Crippen molar-refractivity contribution in [3.8, 4) is 0 Å². The molecule has 0 aliphatic heterocycles. The molecule has 1 aromatic carbocycles. The van der Waals surface area contributed by atoms with Gasteiger partial charge in [0.15, 0.2) is 0 Å². The lowest BCUT2D eigenvalue weighted by Crippen LogP contribution is -2.13. The molecule has 0 aliphatic rings. The van der Waals surface area contributed by atoms with Crippen LogP contribution in [0.25, 0.3) is 0 Å². The number of aromatic nitrogens is 1. The summed E-state index contributed by atoms with van der Waals surface area (Å²) in [5.74, 6) is -0.125. The van der Waals surface area contributed by atoms with Gasteiger partial charge in [-0.3, -0.25) is 4.79 Å². The fourth-order valence-electron chi connectivity index (χ4n) is 1.73. The summed E-state index contributed by atoms with van der Waals surface area (Å²) in [7, 11) is 4.06. The minimum atomic E-state index is -0.125. The Morgan fingerprint density at radius 1 is 1.22 bits per heavy atom. The van der Waals surface area contributed by atoms with Crippen LogP contribution >= 0.6 is 0 Å². The van der Waals surface area contributed by atoms with E-state index in [2.05, 4.69) is 15.2 Å². The lowest BCUT2D eigenvalue weighted by Gasteiger charge is -2.10. The number of nitrogens with one attached hydrogen (secondary N) is 2. The van der Waals surface area contributed by atoms with Crippen molar-refractivity contribution >= 4 is 11.6 Å². The molecule has 0 spiro atoms. The fourth-order valence-corrected chi connectivity index (χ4v) is 1.73. The minimum absolute atomic E-state index is 0.125. The Morgan fingerprint density at radius 3 is 2.50 bits per heavy atom. The highest BCUT2D eigenvalue weighted by Gasteiger charge is 2.05. The van der Waals surface area contributed by atoms with Gasteiger partial charge in [0.25, 0.3) is 5.91 Å². The third-order valence-corrected chi connectivity index (χ3v) is 2.55. The lowest BCUT2D eigenvalue weighted by atomic mass is 10.2. The van der Waals surface area contributed by atoms with Crippen molar-refractivity contribution in [2.45, 2.75) is 6.54 Å². The summed E-state index contributed by atoms with van der Waals surface area (Å²) in [4.78, 5) is 16.8. The topological polar surface area (TPSA) is 48.1 Å². The second kappa shape index (κ2) is 5.51. The monoisotopic (exact) mass is 243 g/mol. The average Bonchev–Trinajstić information content (AvgIpc) is 2.84. The van der Waals surface area contributed by atoms with Crippen molar-refractivity contribution in [2.24, 2.45) is 0 Å². The molecule has 0 saturated carbocycles. The van der Waals surface area contributed by atoms with Crippen LogP contribution in [0.3, 0.4) is 0 Å². The molecule has 0 atom stereocenters. The minimum Gasteiger partial charge on any atom is -0.357 e. The number of rotatable bonds is 4. The predicted octanol–water partition coefficient (Wildman–Crippen LogP) is 2.33. The largest absolute Gasteiger partial charge is 0.357 e. The van der Waals surface area contributed by atoms with Gasteiger partial charge in [0.2, 0.25) is 0 Å². The molecule has 0 aliphatic carbocycles. The smallest absolute Gasteiger partial charge is 0.272 e. The van der Waals surface area contributed by atoms with Crippen LogP contribution in [0.15, 0.2) is 42.6 Å². The van der Waals surface area contributed by atoms with E-state index in [4.69, 9.17) is 0 Å². The number of hydrogen-bond acceptors (Lipinski definition) is 2. The summed E-state index contributed by atoms with van der Waals surface area (Å²) in [6.07, 6.45) is 1.73. The molecule has 4 heteroatoms. The van der Waals surface area contributed by atoms with Crippen LogP contribution < -0.4 is 5.32 Å². The molecular weight excluding hydrogens is 226 g/mol. The summed E-state index contributed by atoms with van der Waals surface area (Å²) < 4.78 is 0. The number of nitrogens with zero attached hydrogens (tertiary/aromatic N) is 1. The molecule has 2 aromatic rings. The van der Waals surface area contributed by atoms with Gasteiger partial charge in [0.05, 0.1) is 0 Å². The van der Waals surface area contributed by atoms with E-state index in [1.807, 2.05) is 38.4 Å². The molecule has 2 rings (SSSR count). The zero-order valence-corrected chi connectivity index (χ0v) is 10.6. The Morgan fingerprint density at radius 2 is 1.94 bits per heavy atom. The Hall–Kier alpha value is -2.07. The van der Waals surface area contributed by atoms with Gasteiger partial charge in [-0.05, 0) is 43.9 Å². The zero-order chi connectivity index (χ0) is 13.0. The highest BCUT2D eigenvalue weighted by atomic mass is 16.1. The van der Waals surface area contributed by atoms with Crippen LogP contribution in [0.2, 0.25) is 0 Å². The van der Waals surface area contributed by atoms with E-state index in [-0.39, 0.29) is 5.91 Å². The van der Waals surface area contributed by atoms with Crippen LogP contribution in [-0.4, -0.2) is 29.9 Å². The molecule has 0 bridgehead atoms. The average molecular weight is 243 g/mol. The normalized spacial score (nSPS) is 10.6. The van der Waals surface area contributed by atoms with Gasteiger partial charge in [-0.25, -0.2) is 0 Å². The first-order valence-corrected chi connectivity index (χ1v) is 5.83. The Balaban J connectivity index is 2.00. The molecule has 4 nitrogen and oxygen atoms in total. The van der Waals surface area contributed by atoms with E-state index in [1.54, 1.807) is 18.3 Å². The lowest BCUT2D eigenvalue weighted by molar-refractivity contribution is 0.102. The maximum absolute atomic E-state index is 11.8. The molecule has 1 aromatic heterocycles. The van der Waals surface area contributed by atoms with Crippen LogP contribution in [0.4, 0.5) is 5.69 Å². The summed E-state index contributed by atoms with van der Waals surface area (Å²) in [6.45, 7) is 0.894. The first-order valence-electron chi connectivity index (χ1n) is 5.83. The molecule has 1 amide bonds. The quantitative estimate of drug-likeness (QED) is 0.865. The van der Waals surface area contributed by atoms with Crippen molar-refractivity contribution < 1.29 is 4.79 Å². The Labute approximate surface area is 107 Å². The number of carbonyl (C=O) groups excluding carboxylic acids is 1. The second-order valence-corrected chi connectivity index (χ2v) is 4.47. The molecule has 0 unspecified atom stereocenters. The molecule has 18 heavy (non-hydrogen) atoms. The summed E-state index contributed by atoms with van der Waals surface area (Å²) in [5, 5.41) is 2.84. The molecule has 0 saturated heterocycles. The number of amides is 1. The number of anilines is 1. The highest BCUT2D eigenvalue weighted by molar-refractivity contribution is 6.02. The van der Waals surface area contributed by atoms with Crippen molar-refractivity contribution in [3.05, 3.63) is 53.9 Å². The zero-order valence-electron chi connectivity index (χ0n) is 10.6. The predicted molar refractivity (Wildman–Crippen MR) is 72.6 cm³/mol. The standard InChI is InChI=1S/C14H17N3O/c1-17(2)10-11-5-7-12(8-6-11)16-14(18)13-4-3-9-15-13/h3-9,15H,10H2,1-2H3,(H,16,18). The van der Waals surface area contributed by atoms with E-state index in [9.17, 15) is 4.79 Å². The van der Waals surface area contributed by atoms with Crippen molar-refractivity contribution in [1.29, 1.82) is 0 Å². The summed E-state index contributed by atoms with van der Waals surface area (Å²) in [6, 6.07) is 11.4. The van der Waals surface area contributed by atoms with Gasteiger partial charge in [-0.2, -0.15) is 0 Å². The number of carbonyl (C=O) groups is 1. The van der Waals surface area contributed by atoms with Crippen LogP contribution in [-0.2, 0) is 6.54 Å². The maximum Gasteiger partial charge on any atom is 0.272 e. The van der Waals surface area contributed by atoms with Gasteiger partial charge in [-0.1, -0.05) is 12.1 Å². The Bertz CT molecular complexity index is 500. The second-order valence-electron chi connectivity index (χ2n) is 4.47. The number of H-pyrrole nitrogens is 1. The van der Waals surface area contributed by atoms with Crippen LogP contribution in [0.1, 0.15) is 16.1 Å². The molecule has 0 fully saturated rings. The van der Waals surface area contributed by atoms with Crippen LogP contribution in [0, 0.1) is 0 Å². The highest BCUT2D eigenvalue weighted by Crippen LogP contribution is 2.11. The molecule has 94 valence electrons. The van der Waals surface area contributed by atoms with Gasteiger partial charge in [0, 0.05) is 18.4 Å². The Kier molecular flexibility index (Phi) is 3.79. The fraction of sp³-hybridized carbons (Fsp3) is 0.214. The third kappa shape index (κ3) is 3.21. The number of hydrogen-bond donors (Lipinski definition) is 2. The van der Waals surface area contributed by atoms with E-state index in [0.29, 0.717) is 5.69 Å². The van der Waals surface area contributed by atoms with E-state index in [1.165, 1.54) is 5.56 Å². The van der Waals surface area contributed by atoms with Crippen molar-refractivity contribution in [2.75, 3.05) is 19.4 Å². The first kappa shape index (κ1) is 12.4. The SMILES string of the molecule is CN(C)Cc1ccc(NC(=O)c2ccc[nH]2)cc1. The number of benzene rings is 1. The van der Waals surface area contributed by atoms with Crippen molar-refractivity contribution in [1.82, 2.24) is 9.88 Å². The first-order chi connectivity index (χ1) is 8.65. The summed E-state index contributed by atoms with van der Waals surface area (Å²) in [5.41, 5.74) is 2.59. The summed E-state index contributed by atoms with van der Waals surface area (Å²) >= 11 is 0. The van der Waals surface area contributed by atoms with E-state index >= 15 is 0 Å². The number of aromatic amines is 1. The molecular formula is C14H17N3O. The van der Waals surface area contributed by atoms with Crippen molar-refractivity contribution in [3.63, 3.8) is 0 Å². The van der Waals surface area contributed by atoms with E-state index < -0.39 is 0 Å². The van der Waals surface area contributed by atoms with Gasteiger partial charge >= 0.3 is 0 Å². The maximum atomic E-state index is 11.8. The van der Waals surface area contributed by atoms with Gasteiger partial charge < -0.3 is 15.2 Å². The molecule has 0 radical (unpaired) electrons. The van der Waals surface area contributed by atoms with Gasteiger partial charge in [0.1, 0.15) is 5.69 Å². The molecule has 2 N–H and O–H groups in total. The third-order valence-electron chi connectivity index (χ3n) is 2.55. The van der Waals surface area contributed by atoms with E-state index in [0.717, 1.165) is 12.2 Å². The van der Waals surface area contributed by atoms with Crippen LogP contribution in [0.5, 0.6) is 0 Å². The van der Waals surface area contributed by atoms with Gasteiger partial charge in [-0.15, -0.1) is 0 Å². The molecule has 1 heterocycles.